The Morgan fingerprint density at radius 2 is 1.27 bits per heavy atom. The third-order valence-corrected chi connectivity index (χ3v) is 4.31. The summed E-state index contributed by atoms with van der Waals surface area (Å²) < 4.78 is 0. The number of carbonyl (C=O) groups is 1. The van der Waals surface area contributed by atoms with Crippen LogP contribution in [0.2, 0.25) is 0 Å². The van der Waals surface area contributed by atoms with Crippen molar-refractivity contribution in [2.75, 3.05) is 0 Å². The van der Waals surface area contributed by atoms with Crippen molar-refractivity contribution in [3.63, 3.8) is 0 Å². The molecule has 2 aromatic carbocycles. The second-order valence-electron chi connectivity index (χ2n) is 6.31. The largest absolute Gasteiger partial charge is 0.508 e. The van der Waals surface area contributed by atoms with Gasteiger partial charge in [-0.3, -0.25) is 4.79 Å². The first kappa shape index (κ1) is 16.1. The zero-order chi connectivity index (χ0) is 18.1. The number of aromatic hydroxyl groups is 2. The summed E-state index contributed by atoms with van der Waals surface area (Å²) in [5.74, 6) is 1.97. The molecule has 0 aliphatic heterocycles. The number of phenols is 2. The summed E-state index contributed by atoms with van der Waals surface area (Å²) in [6.07, 6.45) is 1.85. The number of benzene rings is 2. The van der Waals surface area contributed by atoms with Gasteiger partial charge in [0.05, 0.1) is 22.1 Å². The fraction of sp³-hybridized carbons (Fsp3) is 0.211. The van der Waals surface area contributed by atoms with Crippen molar-refractivity contribution in [1.29, 1.82) is 0 Å². The summed E-state index contributed by atoms with van der Waals surface area (Å²) in [4.78, 5) is 27.3. The molecule has 0 spiro atoms. The molecule has 0 bridgehead atoms. The molecule has 0 saturated heterocycles. The molecular formula is C19H18N4O3. The maximum Gasteiger partial charge on any atom is 0.133 e. The van der Waals surface area contributed by atoms with Crippen LogP contribution in [0.25, 0.3) is 22.1 Å². The standard InChI is InChI=1S/C19H18N4O3/c24-11(3-7-18-20-14-5-1-12(25)9-16(14)22-18)4-8-19-21-15-6-2-13(26)10-17(15)23-19/h1-2,5-6,9-10,25-26H,3-4,7-8H2,(H,20,22)(H,21,23). The number of H-pyrrole nitrogens is 2. The summed E-state index contributed by atoms with van der Waals surface area (Å²) >= 11 is 0. The molecule has 0 radical (unpaired) electrons. The van der Waals surface area contributed by atoms with E-state index >= 15 is 0 Å². The van der Waals surface area contributed by atoms with E-state index in [0.29, 0.717) is 25.7 Å². The SMILES string of the molecule is O=C(CCc1nc2ccc(O)cc2[nH]1)CCc1nc2ccc(O)cc2[nH]1. The third-order valence-electron chi connectivity index (χ3n) is 4.31. The number of nitrogens with zero attached hydrogens (tertiary/aromatic N) is 2. The van der Waals surface area contributed by atoms with Gasteiger partial charge in [-0.15, -0.1) is 0 Å². The third kappa shape index (κ3) is 3.37. The Hall–Kier alpha value is -3.35. The van der Waals surface area contributed by atoms with Crippen LogP contribution in [0, 0.1) is 0 Å². The van der Waals surface area contributed by atoms with Crippen LogP contribution < -0.4 is 0 Å². The van der Waals surface area contributed by atoms with E-state index in [1.54, 1.807) is 36.4 Å². The topological polar surface area (TPSA) is 115 Å². The molecule has 0 amide bonds. The number of aryl methyl sites for hydroxylation is 2. The Balaban J connectivity index is 1.34. The van der Waals surface area contributed by atoms with Crippen molar-refractivity contribution in [2.45, 2.75) is 25.7 Å². The molecular weight excluding hydrogens is 332 g/mol. The molecule has 0 saturated carbocycles. The van der Waals surface area contributed by atoms with Crippen molar-refractivity contribution >= 4 is 27.9 Å². The van der Waals surface area contributed by atoms with Gasteiger partial charge in [-0.05, 0) is 24.3 Å². The van der Waals surface area contributed by atoms with E-state index in [-0.39, 0.29) is 17.3 Å². The molecule has 0 fully saturated rings. The maximum atomic E-state index is 12.2. The van der Waals surface area contributed by atoms with Crippen LogP contribution >= 0.6 is 0 Å². The van der Waals surface area contributed by atoms with Crippen LogP contribution in [0.5, 0.6) is 11.5 Å². The molecule has 7 nitrogen and oxygen atoms in total. The van der Waals surface area contributed by atoms with Crippen molar-refractivity contribution in [2.24, 2.45) is 0 Å². The fourth-order valence-corrected chi connectivity index (χ4v) is 2.98. The molecule has 2 aromatic heterocycles. The number of hydrogen-bond donors (Lipinski definition) is 4. The molecule has 132 valence electrons. The number of aromatic nitrogens is 4. The van der Waals surface area contributed by atoms with Crippen LogP contribution in [-0.2, 0) is 17.6 Å². The summed E-state index contributed by atoms with van der Waals surface area (Å²) in [6, 6.07) is 9.90. The fourth-order valence-electron chi connectivity index (χ4n) is 2.98. The molecule has 0 aliphatic rings. The molecule has 0 atom stereocenters. The minimum absolute atomic E-state index is 0.136. The molecule has 26 heavy (non-hydrogen) atoms. The van der Waals surface area contributed by atoms with Gasteiger partial charge < -0.3 is 20.2 Å². The number of hydrogen-bond acceptors (Lipinski definition) is 5. The van der Waals surface area contributed by atoms with Crippen LogP contribution in [0.4, 0.5) is 0 Å². The highest BCUT2D eigenvalue weighted by Gasteiger charge is 2.09. The summed E-state index contributed by atoms with van der Waals surface area (Å²) in [5.41, 5.74) is 3.07. The normalized spacial score (nSPS) is 11.4. The van der Waals surface area contributed by atoms with Crippen molar-refractivity contribution in [1.82, 2.24) is 19.9 Å². The molecule has 2 heterocycles. The van der Waals surface area contributed by atoms with Gasteiger partial charge in [0.1, 0.15) is 28.9 Å². The number of ketones is 1. The number of Topliss-reactive ketones (excluding diaryl/α,β-unsaturated/α-hetero) is 1. The van der Waals surface area contributed by atoms with Gasteiger partial charge in [-0.1, -0.05) is 0 Å². The van der Waals surface area contributed by atoms with E-state index in [1.165, 1.54) is 0 Å². The highest BCUT2D eigenvalue weighted by Crippen LogP contribution is 2.19. The predicted molar refractivity (Wildman–Crippen MR) is 97.2 cm³/mol. The first-order valence-electron chi connectivity index (χ1n) is 8.44. The lowest BCUT2D eigenvalue weighted by Gasteiger charge is -1.98. The monoisotopic (exact) mass is 350 g/mol. The average molecular weight is 350 g/mol. The van der Waals surface area contributed by atoms with Crippen molar-refractivity contribution in [3.05, 3.63) is 48.0 Å². The van der Waals surface area contributed by atoms with E-state index in [4.69, 9.17) is 0 Å². The van der Waals surface area contributed by atoms with E-state index < -0.39 is 0 Å². The number of imidazole rings is 2. The molecule has 0 unspecified atom stereocenters. The predicted octanol–water partition coefficient (Wildman–Crippen LogP) is 2.98. The average Bonchev–Trinajstić information content (AvgIpc) is 3.20. The number of rotatable bonds is 6. The zero-order valence-electron chi connectivity index (χ0n) is 14.0. The minimum Gasteiger partial charge on any atom is -0.508 e. The van der Waals surface area contributed by atoms with Crippen LogP contribution in [0.15, 0.2) is 36.4 Å². The highest BCUT2D eigenvalue weighted by molar-refractivity contribution is 5.80. The number of carbonyl (C=O) groups excluding carboxylic acids is 1. The van der Waals surface area contributed by atoms with Gasteiger partial charge in [-0.25, -0.2) is 9.97 Å². The molecule has 4 aromatic rings. The Kier molecular flexibility index (Phi) is 4.04. The van der Waals surface area contributed by atoms with Gasteiger partial charge in [0, 0.05) is 37.8 Å². The Labute approximate surface area is 148 Å². The van der Waals surface area contributed by atoms with E-state index in [0.717, 1.165) is 33.7 Å². The Morgan fingerprint density at radius 3 is 1.73 bits per heavy atom. The molecule has 4 N–H and O–H groups in total. The van der Waals surface area contributed by atoms with Crippen LogP contribution in [0.3, 0.4) is 0 Å². The smallest absolute Gasteiger partial charge is 0.133 e. The summed E-state index contributed by atoms with van der Waals surface area (Å²) in [7, 11) is 0. The molecule has 4 rings (SSSR count). The lowest BCUT2D eigenvalue weighted by atomic mass is 10.1. The van der Waals surface area contributed by atoms with Gasteiger partial charge >= 0.3 is 0 Å². The van der Waals surface area contributed by atoms with Gasteiger partial charge in [0.15, 0.2) is 0 Å². The van der Waals surface area contributed by atoms with Crippen molar-refractivity contribution in [3.8, 4) is 11.5 Å². The van der Waals surface area contributed by atoms with Crippen LogP contribution in [0.1, 0.15) is 24.5 Å². The minimum atomic E-state index is 0.136. The number of aromatic amines is 2. The lowest BCUT2D eigenvalue weighted by molar-refractivity contribution is -0.119. The van der Waals surface area contributed by atoms with Crippen LogP contribution in [-0.4, -0.2) is 35.9 Å². The first-order chi connectivity index (χ1) is 12.6. The van der Waals surface area contributed by atoms with Gasteiger partial charge in [0.25, 0.3) is 0 Å². The quantitative estimate of drug-likeness (QED) is 0.427. The summed E-state index contributed by atoms with van der Waals surface area (Å²) in [5, 5.41) is 19.0. The van der Waals surface area contributed by atoms with Gasteiger partial charge in [-0.2, -0.15) is 0 Å². The van der Waals surface area contributed by atoms with Crippen molar-refractivity contribution < 1.29 is 15.0 Å². The van der Waals surface area contributed by atoms with E-state index in [9.17, 15) is 15.0 Å². The second kappa shape index (κ2) is 6.51. The number of phenolic OH excluding ortho intramolecular Hbond substituents is 2. The highest BCUT2D eigenvalue weighted by atomic mass is 16.3. The second-order valence-corrected chi connectivity index (χ2v) is 6.31. The van der Waals surface area contributed by atoms with E-state index in [2.05, 4.69) is 19.9 Å². The number of nitrogens with one attached hydrogen (secondary N) is 2. The Morgan fingerprint density at radius 1 is 0.808 bits per heavy atom. The maximum absolute atomic E-state index is 12.2. The number of fused-ring (bicyclic) bond motifs is 2. The molecule has 0 aliphatic carbocycles. The van der Waals surface area contributed by atoms with E-state index in [1.807, 2.05) is 0 Å². The summed E-state index contributed by atoms with van der Waals surface area (Å²) in [6.45, 7) is 0. The first-order valence-corrected chi connectivity index (χ1v) is 8.44. The zero-order valence-corrected chi connectivity index (χ0v) is 14.0. The lowest BCUT2D eigenvalue weighted by Crippen LogP contribution is -2.03. The molecule has 7 heteroatoms. The Bertz CT molecular complexity index is 1010. The van der Waals surface area contributed by atoms with Gasteiger partial charge in [0.2, 0.25) is 0 Å².